The average Bonchev–Trinajstić information content (AvgIpc) is 2.27. The second-order valence-corrected chi connectivity index (χ2v) is 4.69. The second-order valence-electron chi connectivity index (χ2n) is 3.61. The van der Waals surface area contributed by atoms with Gasteiger partial charge in [0, 0.05) is 24.9 Å². The molecule has 0 aliphatic rings. The van der Waals surface area contributed by atoms with Crippen molar-refractivity contribution in [2.24, 2.45) is 5.73 Å². The van der Waals surface area contributed by atoms with Gasteiger partial charge in [0.05, 0.1) is 19.1 Å². The normalized spacial score (nSPS) is 16.6. The Morgan fingerprint density at radius 3 is 2.62 bits per heavy atom. The number of carbonyl (C=O) groups excluding carboxylic acids is 1. The molecule has 0 aliphatic carbocycles. The van der Waals surface area contributed by atoms with Crippen LogP contribution < -0.4 is 11.1 Å². The van der Waals surface area contributed by atoms with Crippen molar-refractivity contribution in [3.63, 3.8) is 0 Å². The summed E-state index contributed by atoms with van der Waals surface area (Å²) in [7, 11) is 1.53. The topological polar surface area (TPSA) is 84.6 Å². The molecule has 0 aromatic heterocycles. The molecule has 3 atom stereocenters. The molecule has 96 valence electrons. The fourth-order valence-corrected chi connectivity index (χ4v) is 1.94. The minimum Gasteiger partial charge on any atom is -0.395 e. The van der Waals surface area contributed by atoms with Gasteiger partial charge in [0.2, 0.25) is 5.91 Å². The van der Waals surface area contributed by atoms with E-state index in [0.717, 1.165) is 0 Å². The lowest BCUT2D eigenvalue weighted by Crippen LogP contribution is -2.43. The van der Waals surface area contributed by atoms with Crippen LogP contribution in [0.2, 0.25) is 0 Å². The molecule has 5 nitrogen and oxygen atoms in total. The maximum atomic E-state index is 11.6. The van der Waals surface area contributed by atoms with Crippen LogP contribution in [-0.2, 0) is 9.53 Å². The van der Waals surface area contributed by atoms with Crippen molar-refractivity contribution < 1.29 is 14.6 Å². The van der Waals surface area contributed by atoms with Gasteiger partial charge in [-0.1, -0.05) is 0 Å². The van der Waals surface area contributed by atoms with Crippen LogP contribution in [0.1, 0.15) is 13.3 Å². The first kappa shape index (κ1) is 15.7. The monoisotopic (exact) mass is 250 g/mol. The van der Waals surface area contributed by atoms with Gasteiger partial charge in [-0.25, -0.2) is 0 Å². The molecule has 0 aromatic rings. The van der Waals surface area contributed by atoms with Gasteiger partial charge in [0.25, 0.3) is 0 Å². The number of aliphatic hydroxyl groups excluding tert-OH is 1. The summed E-state index contributed by atoms with van der Waals surface area (Å²) < 4.78 is 5.02. The summed E-state index contributed by atoms with van der Waals surface area (Å²) in [6.45, 7) is 2.25. The smallest absolute Gasteiger partial charge is 0.222 e. The van der Waals surface area contributed by atoms with Gasteiger partial charge in [0.15, 0.2) is 0 Å². The fraction of sp³-hybridized carbons (Fsp3) is 0.900. The number of rotatable bonds is 8. The number of hydrogen-bond acceptors (Lipinski definition) is 5. The number of nitrogens with one attached hydrogen (secondary N) is 1. The van der Waals surface area contributed by atoms with Gasteiger partial charge in [-0.05, 0) is 13.2 Å². The molecule has 0 aromatic carbocycles. The van der Waals surface area contributed by atoms with Crippen molar-refractivity contribution in [3.8, 4) is 0 Å². The number of thioether (sulfide) groups is 1. The van der Waals surface area contributed by atoms with Crippen molar-refractivity contribution in [1.29, 1.82) is 0 Å². The first-order chi connectivity index (χ1) is 7.58. The predicted octanol–water partition coefficient (Wildman–Crippen LogP) is -0.421. The molecule has 0 aliphatic heterocycles. The molecule has 4 N–H and O–H groups in total. The van der Waals surface area contributed by atoms with Crippen LogP contribution in [0, 0.1) is 0 Å². The summed E-state index contributed by atoms with van der Waals surface area (Å²) in [5.74, 6) is -0.0997. The predicted molar refractivity (Wildman–Crippen MR) is 66.5 cm³/mol. The van der Waals surface area contributed by atoms with Crippen LogP contribution in [0.4, 0.5) is 0 Å². The van der Waals surface area contributed by atoms with Crippen LogP contribution in [0.25, 0.3) is 0 Å². The zero-order chi connectivity index (χ0) is 12.6. The Balaban J connectivity index is 4.03. The van der Waals surface area contributed by atoms with Crippen LogP contribution in [-0.4, -0.2) is 54.9 Å². The summed E-state index contributed by atoms with van der Waals surface area (Å²) in [5.41, 5.74) is 5.43. The molecule has 3 unspecified atom stereocenters. The lowest BCUT2D eigenvalue weighted by molar-refractivity contribution is -0.124. The number of nitrogens with two attached hydrogens (primary N) is 1. The van der Waals surface area contributed by atoms with E-state index in [0.29, 0.717) is 6.54 Å². The Morgan fingerprint density at radius 1 is 1.62 bits per heavy atom. The SMILES string of the molecule is COC(CN)CC(=O)NC(C)C(CO)SC. The molecule has 6 heteroatoms. The van der Waals surface area contributed by atoms with Crippen molar-refractivity contribution in [2.75, 3.05) is 26.5 Å². The summed E-state index contributed by atoms with van der Waals surface area (Å²) >= 11 is 1.53. The average molecular weight is 250 g/mol. The van der Waals surface area contributed by atoms with E-state index >= 15 is 0 Å². The maximum Gasteiger partial charge on any atom is 0.222 e. The van der Waals surface area contributed by atoms with E-state index < -0.39 is 0 Å². The van der Waals surface area contributed by atoms with E-state index in [4.69, 9.17) is 15.6 Å². The van der Waals surface area contributed by atoms with Crippen LogP contribution in [0.15, 0.2) is 0 Å². The minimum absolute atomic E-state index is 0.0165. The van der Waals surface area contributed by atoms with E-state index in [1.807, 2.05) is 13.2 Å². The third-order valence-electron chi connectivity index (χ3n) is 2.44. The standard InChI is InChI=1S/C10H22N2O3S/c1-7(9(6-13)16-3)12-10(14)4-8(5-11)15-2/h7-9,13H,4-6,11H2,1-3H3,(H,12,14). The lowest BCUT2D eigenvalue weighted by Gasteiger charge is -2.22. The van der Waals surface area contributed by atoms with Gasteiger partial charge in [0.1, 0.15) is 0 Å². The van der Waals surface area contributed by atoms with Crippen molar-refractivity contribution in [3.05, 3.63) is 0 Å². The molecule has 0 rings (SSSR count). The number of ether oxygens (including phenoxy) is 1. The van der Waals surface area contributed by atoms with Crippen molar-refractivity contribution >= 4 is 17.7 Å². The number of aliphatic hydroxyl groups is 1. The van der Waals surface area contributed by atoms with Crippen LogP contribution >= 0.6 is 11.8 Å². The van der Waals surface area contributed by atoms with Gasteiger partial charge in [-0.15, -0.1) is 0 Å². The van der Waals surface area contributed by atoms with E-state index in [-0.39, 0.29) is 36.3 Å². The van der Waals surface area contributed by atoms with E-state index in [1.165, 1.54) is 18.9 Å². The summed E-state index contributed by atoms with van der Waals surface area (Å²) in [4.78, 5) is 11.6. The van der Waals surface area contributed by atoms with Gasteiger partial charge in [-0.2, -0.15) is 11.8 Å². The highest BCUT2D eigenvalue weighted by molar-refractivity contribution is 7.99. The Kier molecular flexibility index (Phi) is 8.64. The number of hydrogen-bond donors (Lipinski definition) is 3. The fourth-order valence-electron chi connectivity index (χ4n) is 1.31. The third-order valence-corrected chi connectivity index (χ3v) is 3.60. The Labute approximate surface area is 101 Å². The largest absolute Gasteiger partial charge is 0.395 e. The first-order valence-corrected chi connectivity index (χ1v) is 6.53. The zero-order valence-electron chi connectivity index (χ0n) is 10.1. The third kappa shape index (κ3) is 5.69. The molecule has 0 fully saturated rings. The molecule has 0 heterocycles. The molecular formula is C10H22N2O3S. The van der Waals surface area contributed by atoms with E-state index in [1.54, 1.807) is 0 Å². The van der Waals surface area contributed by atoms with Gasteiger partial charge >= 0.3 is 0 Å². The Hall–Kier alpha value is -0.300. The Bertz CT molecular complexity index is 197. The molecule has 0 spiro atoms. The molecule has 0 saturated heterocycles. The molecule has 0 radical (unpaired) electrons. The quantitative estimate of drug-likeness (QED) is 0.545. The second kappa shape index (κ2) is 8.81. The van der Waals surface area contributed by atoms with Crippen molar-refractivity contribution in [1.82, 2.24) is 5.32 Å². The van der Waals surface area contributed by atoms with Gasteiger partial charge < -0.3 is 20.9 Å². The summed E-state index contributed by atoms with van der Waals surface area (Å²) in [5, 5.41) is 11.9. The van der Waals surface area contributed by atoms with Crippen LogP contribution in [0.5, 0.6) is 0 Å². The van der Waals surface area contributed by atoms with E-state index in [2.05, 4.69) is 5.32 Å². The molecule has 1 amide bonds. The van der Waals surface area contributed by atoms with Crippen LogP contribution in [0.3, 0.4) is 0 Å². The highest BCUT2D eigenvalue weighted by Gasteiger charge is 2.19. The Morgan fingerprint density at radius 2 is 2.25 bits per heavy atom. The van der Waals surface area contributed by atoms with Gasteiger partial charge in [-0.3, -0.25) is 4.79 Å². The first-order valence-electron chi connectivity index (χ1n) is 5.24. The molecular weight excluding hydrogens is 228 g/mol. The minimum atomic E-state index is -0.242. The highest BCUT2D eigenvalue weighted by Crippen LogP contribution is 2.10. The zero-order valence-corrected chi connectivity index (χ0v) is 10.9. The molecule has 16 heavy (non-hydrogen) atoms. The summed E-state index contributed by atoms with van der Waals surface area (Å²) in [6.07, 6.45) is 1.92. The maximum absolute atomic E-state index is 11.6. The van der Waals surface area contributed by atoms with E-state index in [9.17, 15) is 4.79 Å². The van der Waals surface area contributed by atoms with Crippen molar-refractivity contribution in [2.45, 2.75) is 30.7 Å². The number of amides is 1. The highest BCUT2D eigenvalue weighted by atomic mass is 32.2. The lowest BCUT2D eigenvalue weighted by atomic mass is 10.2. The molecule has 0 bridgehead atoms. The number of methoxy groups -OCH3 is 1. The number of carbonyl (C=O) groups is 1. The molecule has 0 saturated carbocycles. The summed E-state index contributed by atoms with van der Waals surface area (Å²) in [6, 6.07) is -0.0669.